The van der Waals surface area contributed by atoms with Gasteiger partial charge in [0.2, 0.25) is 15.9 Å². The summed E-state index contributed by atoms with van der Waals surface area (Å²) in [5, 5.41) is 5.21. The van der Waals surface area contributed by atoms with E-state index in [1.807, 2.05) is 0 Å². The summed E-state index contributed by atoms with van der Waals surface area (Å²) >= 11 is 0. The number of sulfonamides is 1. The van der Waals surface area contributed by atoms with Gasteiger partial charge in [0, 0.05) is 38.7 Å². The number of nitrogens with one attached hydrogen (secondary N) is 3. The van der Waals surface area contributed by atoms with Gasteiger partial charge >= 0.3 is 0 Å². The van der Waals surface area contributed by atoms with Crippen LogP contribution in [-0.4, -0.2) is 52.6 Å². The van der Waals surface area contributed by atoms with E-state index in [4.69, 9.17) is 4.74 Å². The van der Waals surface area contributed by atoms with Gasteiger partial charge in [0.25, 0.3) is 5.91 Å². The fraction of sp³-hybridized carbons (Fsp3) is 0.500. The quantitative estimate of drug-likeness (QED) is 0.559. The molecule has 0 unspecified atom stereocenters. The summed E-state index contributed by atoms with van der Waals surface area (Å²) in [7, 11) is -3.63. The van der Waals surface area contributed by atoms with Crippen molar-refractivity contribution in [2.75, 3.05) is 26.2 Å². The van der Waals surface area contributed by atoms with Gasteiger partial charge in [-0.05, 0) is 37.1 Å². The molecule has 9 heteroatoms. The van der Waals surface area contributed by atoms with Crippen molar-refractivity contribution in [3.05, 3.63) is 29.8 Å². The molecule has 0 aliphatic carbocycles. The van der Waals surface area contributed by atoms with Crippen LogP contribution in [0.15, 0.2) is 29.2 Å². The van der Waals surface area contributed by atoms with E-state index < -0.39 is 10.0 Å². The molecule has 1 aromatic carbocycles. The third-order valence-electron chi connectivity index (χ3n) is 3.74. The Bertz CT molecular complexity index is 697. The number of ether oxygens (including phenoxy) is 1. The lowest BCUT2D eigenvalue weighted by atomic mass is 10.2. The van der Waals surface area contributed by atoms with Crippen LogP contribution in [0.1, 0.15) is 30.1 Å². The average molecular weight is 369 g/mol. The zero-order valence-electron chi connectivity index (χ0n) is 14.1. The van der Waals surface area contributed by atoms with Gasteiger partial charge in [-0.3, -0.25) is 9.59 Å². The number of benzene rings is 1. The molecule has 1 heterocycles. The number of amides is 2. The van der Waals surface area contributed by atoms with E-state index in [0.29, 0.717) is 25.3 Å². The predicted octanol–water partition coefficient (Wildman–Crippen LogP) is 0.00980. The minimum atomic E-state index is -3.63. The van der Waals surface area contributed by atoms with Crippen LogP contribution in [0.5, 0.6) is 0 Å². The lowest BCUT2D eigenvalue weighted by molar-refractivity contribution is -0.118. The minimum Gasteiger partial charge on any atom is -0.377 e. The highest BCUT2D eigenvalue weighted by Gasteiger charge is 2.20. The molecule has 1 saturated heterocycles. The highest BCUT2D eigenvalue weighted by atomic mass is 32.2. The van der Waals surface area contributed by atoms with Crippen LogP contribution in [0.25, 0.3) is 0 Å². The van der Waals surface area contributed by atoms with Crippen LogP contribution in [0.4, 0.5) is 0 Å². The second-order valence-electron chi connectivity index (χ2n) is 5.75. The Labute approximate surface area is 147 Å². The number of carbonyl (C=O) groups excluding carboxylic acids is 2. The summed E-state index contributed by atoms with van der Waals surface area (Å²) in [6.45, 7) is 2.93. The average Bonchev–Trinajstić information content (AvgIpc) is 3.10. The van der Waals surface area contributed by atoms with Gasteiger partial charge in [0.15, 0.2) is 0 Å². The molecule has 138 valence electrons. The van der Waals surface area contributed by atoms with E-state index in [1.54, 1.807) is 0 Å². The Morgan fingerprint density at radius 2 is 1.84 bits per heavy atom. The molecule has 0 saturated carbocycles. The topological polar surface area (TPSA) is 114 Å². The number of hydrogen-bond acceptors (Lipinski definition) is 5. The van der Waals surface area contributed by atoms with Crippen LogP contribution >= 0.6 is 0 Å². The van der Waals surface area contributed by atoms with E-state index >= 15 is 0 Å². The van der Waals surface area contributed by atoms with Crippen LogP contribution in [-0.2, 0) is 19.6 Å². The van der Waals surface area contributed by atoms with Crippen molar-refractivity contribution in [2.24, 2.45) is 0 Å². The lowest BCUT2D eigenvalue weighted by Gasteiger charge is -2.12. The summed E-state index contributed by atoms with van der Waals surface area (Å²) < 4.78 is 32.4. The smallest absolute Gasteiger partial charge is 0.251 e. The van der Waals surface area contributed by atoms with E-state index in [9.17, 15) is 18.0 Å². The fourth-order valence-electron chi connectivity index (χ4n) is 2.39. The summed E-state index contributed by atoms with van der Waals surface area (Å²) in [5.74, 6) is -0.499. The van der Waals surface area contributed by atoms with Crippen molar-refractivity contribution in [1.29, 1.82) is 0 Å². The normalized spacial score (nSPS) is 17.2. The van der Waals surface area contributed by atoms with Crippen molar-refractivity contribution in [3.63, 3.8) is 0 Å². The summed E-state index contributed by atoms with van der Waals surface area (Å²) in [6, 6.07) is 5.68. The Kier molecular flexibility index (Phi) is 6.91. The van der Waals surface area contributed by atoms with Crippen LogP contribution in [0.2, 0.25) is 0 Å². The second kappa shape index (κ2) is 8.93. The van der Waals surface area contributed by atoms with Crippen molar-refractivity contribution in [2.45, 2.75) is 30.8 Å². The van der Waals surface area contributed by atoms with Gasteiger partial charge in [0.1, 0.15) is 0 Å². The van der Waals surface area contributed by atoms with Gasteiger partial charge in [-0.25, -0.2) is 13.1 Å². The molecule has 2 rings (SSSR count). The van der Waals surface area contributed by atoms with Crippen molar-refractivity contribution in [3.8, 4) is 0 Å². The van der Waals surface area contributed by atoms with Crippen molar-refractivity contribution in [1.82, 2.24) is 15.4 Å². The number of carbonyl (C=O) groups is 2. The Morgan fingerprint density at radius 1 is 1.16 bits per heavy atom. The molecule has 1 atom stereocenters. The molecule has 1 aliphatic heterocycles. The molecular formula is C16H23N3O5S. The largest absolute Gasteiger partial charge is 0.377 e. The molecule has 8 nitrogen and oxygen atoms in total. The Balaban J connectivity index is 1.87. The van der Waals surface area contributed by atoms with E-state index in [-0.39, 0.29) is 29.4 Å². The van der Waals surface area contributed by atoms with Gasteiger partial charge in [-0.1, -0.05) is 0 Å². The Morgan fingerprint density at radius 3 is 2.44 bits per heavy atom. The van der Waals surface area contributed by atoms with Gasteiger partial charge < -0.3 is 15.4 Å². The molecule has 0 aromatic heterocycles. The molecule has 3 N–H and O–H groups in total. The van der Waals surface area contributed by atoms with E-state index in [2.05, 4.69) is 15.4 Å². The molecule has 25 heavy (non-hydrogen) atoms. The Hall–Kier alpha value is -1.97. The second-order valence-corrected chi connectivity index (χ2v) is 7.52. The fourth-order valence-corrected chi connectivity index (χ4v) is 3.46. The zero-order valence-corrected chi connectivity index (χ0v) is 14.9. The molecule has 1 fully saturated rings. The van der Waals surface area contributed by atoms with Crippen LogP contribution in [0, 0.1) is 0 Å². The third-order valence-corrected chi connectivity index (χ3v) is 5.18. The SMILES string of the molecule is CC(=O)NCCNC(=O)c1ccc(S(=O)(=O)NC[C@@H]2CCCO2)cc1. The van der Waals surface area contributed by atoms with Crippen molar-refractivity contribution >= 4 is 21.8 Å². The van der Waals surface area contributed by atoms with Gasteiger partial charge in [-0.15, -0.1) is 0 Å². The van der Waals surface area contributed by atoms with E-state index in [1.165, 1.54) is 31.2 Å². The maximum atomic E-state index is 12.2. The monoisotopic (exact) mass is 369 g/mol. The van der Waals surface area contributed by atoms with Crippen LogP contribution in [0.3, 0.4) is 0 Å². The lowest BCUT2D eigenvalue weighted by Crippen LogP contribution is -2.33. The minimum absolute atomic E-state index is 0.0802. The summed E-state index contributed by atoms with van der Waals surface area (Å²) in [6.07, 6.45) is 1.71. The molecule has 1 aromatic rings. The molecular weight excluding hydrogens is 346 g/mol. The molecule has 2 amide bonds. The standard InChI is InChI=1S/C16H23N3O5S/c1-12(20)17-8-9-18-16(21)13-4-6-15(7-5-13)25(22,23)19-11-14-3-2-10-24-14/h4-7,14,19H,2-3,8-11H2,1H3,(H,17,20)(H,18,21)/t14-/m0/s1. The van der Waals surface area contributed by atoms with Gasteiger partial charge in [0.05, 0.1) is 11.0 Å². The van der Waals surface area contributed by atoms with Crippen LogP contribution < -0.4 is 15.4 Å². The molecule has 0 bridgehead atoms. The van der Waals surface area contributed by atoms with Gasteiger partial charge in [-0.2, -0.15) is 0 Å². The predicted molar refractivity (Wildman–Crippen MR) is 91.6 cm³/mol. The first-order valence-electron chi connectivity index (χ1n) is 8.12. The first-order valence-corrected chi connectivity index (χ1v) is 9.61. The first kappa shape index (κ1) is 19.4. The maximum absolute atomic E-state index is 12.2. The number of rotatable bonds is 8. The molecule has 0 radical (unpaired) electrons. The zero-order chi connectivity index (χ0) is 18.3. The van der Waals surface area contributed by atoms with Crippen molar-refractivity contribution < 1.29 is 22.7 Å². The molecule has 0 spiro atoms. The van der Waals surface area contributed by atoms with E-state index in [0.717, 1.165) is 12.8 Å². The third kappa shape index (κ3) is 6.11. The number of hydrogen-bond donors (Lipinski definition) is 3. The maximum Gasteiger partial charge on any atom is 0.251 e. The molecule has 1 aliphatic rings. The highest BCUT2D eigenvalue weighted by molar-refractivity contribution is 7.89. The summed E-state index contributed by atoms with van der Waals surface area (Å²) in [4.78, 5) is 22.8. The summed E-state index contributed by atoms with van der Waals surface area (Å²) in [5.41, 5.74) is 0.348. The highest BCUT2D eigenvalue weighted by Crippen LogP contribution is 2.14. The first-order chi connectivity index (χ1) is 11.9.